The third-order valence-electron chi connectivity index (χ3n) is 3.10. The third-order valence-corrected chi connectivity index (χ3v) is 3.10. The maximum atomic E-state index is 13.0. The van der Waals surface area contributed by atoms with Gasteiger partial charge in [0.2, 0.25) is 5.92 Å². The fourth-order valence-electron chi connectivity index (χ4n) is 2.21. The van der Waals surface area contributed by atoms with E-state index in [0.29, 0.717) is 19.4 Å². The minimum Gasteiger partial charge on any atom is -0.448 e. The number of rotatable bonds is 3. The Morgan fingerprint density at radius 2 is 2.19 bits per heavy atom. The molecule has 1 N–H and O–H groups in total. The summed E-state index contributed by atoms with van der Waals surface area (Å²) in [4.78, 5) is 4.10. The molecule has 1 aliphatic carbocycles. The molecule has 1 fully saturated rings. The summed E-state index contributed by atoms with van der Waals surface area (Å²) in [5.41, 5.74) is 0.845. The molecule has 1 heterocycles. The molecule has 0 atom stereocenters. The van der Waals surface area contributed by atoms with Gasteiger partial charge in [0.15, 0.2) is 6.39 Å². The standard InChI is InChI=1S/C11H16F2N2O/c1-14-6-9-10(16-7-15-9)8-2-4-11(12,13)5-3-8/h7-8,14H,2-6H2,1H3. The van der Waals surface area contributed by atoms with E-state index in [1.54, 1.807) is 0 Å². The van der Waals surface area contributed by atoms with Crippen LogP contribution in [0.25, 0.3) is 0 Å². The van der Waals surface area contributed by atoms with Crippen molar-refractivity contribution in [2.75, 3.05) is 7.05 Å². The molecule has 0 aliphatic heterocycles. The van der Waals surface area contributed by atoms with Crippen molar-refractivity contribution in [3.63, 3.8) is 0 Å². The van der Waals surface area contributed by atoms with Gasteiger partial charge in [0.1, 0.15) is 5.76 Å². The van der Waals surface area contributed by atoms with E-state index in [9.17, 15) is 8.78 Å². The Labute approximate surface area is 93.2 Å². The lowest BCUT2D eigenvalue weighted by Gasteiger charge is -2.27. The Hall–Kier alpha value is -0.970. The molecule has 0 unspecified atom stereocenters. The summed E-state index contributed by atoms with van der Waals surface area (Å²) in [5.74, 6) is -1.60. The number of nitrogens with one attached hydrogen (secondary N) is 1. The second kappa shape index (κ2) is 4.49. The zero-order valence-corrected chi connectivity index (χ0v) is 9.30. The van der Waals surface area contributed by atoms with Gasteiger partial charge in [-0.05, 0) is 19.9 Å². The largest absolute Gasteiger partial charge is 0.448 e. The van der Waals surface area contributed by atoms with Crippen LogP contribution in [0.5, 0.6) is 0 Å². The Morgan fingerprint density at radius 3 is 2.81 bits per heavy atom. The monoisotopic (exact) mass is 230 g/mol. The van der Waals surface area contributed by atoms with Gasteiger partial charge in [0, 0.05) is 25.3 Å². The van der Waals surface area contributed by atoms with E-state index >= 15 is 0 Å². The average Bonchev–Trinajstić information content (AvgIpc) is 2.67. The van der Waals surface area contributed by atoms with Gasteiger partial charge in [-0.1, -0.05) is 0 Å². The Balaban J connectivity index is 2.05. The van der Waals surface area contributed by atoms with Gasteiger partial charge in [0.25, 0.3) is 0 Å². The first kappa shape index (κ1) is 11.5. The van der Waals surface area contributed by atoms with E-state index in [0.717, 1.165) is 11.5 Å². The molecule has 16 heavy (non-hydrogen) atoms. The van der Waals surface area contributed by atoms with Gasteiger partial charge in [0.05, 0.1) is 5.69 Å². The van der Waals surface area contributed by atoms with Crippen molar-refractivity contribution in [1.29, 1.82) is 0 Å². The van der Waals surface area contributed by atoms with Crippen LogP contribution in [0.15, 0.2) is 10.8 Å². The van der Waals surface area contributed by atoms with Gasteiger partial charge in [-0.15, -0.1) is 0 Å². The minimum atomic E-state index is -2.49. The van der Waals surface area contributed by atoms with E-state index in [1.807, 2.05) is 7.05 Å². The fraction of sp³-hybridized carbons (Fsp3) is 0.727. The summed E-state index contributed by atoms with van der Waals surface area (Å²) in [5, 5.41) is 3.00. The topological polar surface area (TPSA) is 38.1 Å². The summed E-state index contributed by atoms with van der Waals surface area (Å²) in [7, 11) is 1.83. The second-order valence-corrected chi connectivity index (χ2v) is 4.32. The van der Waals surface area contributed by atoms with Crippen molar-refractivity contribution in [2.45, 2.75) is 44.1 Å². The minimum absolute atomic E-state index is 0.0443. The lowest BCUT2D eigenvalue weighted by atomic mass is 9.84. The van der Waals surface area contributed by atoms with Crippen LogP contribution in [0.3, 0.4) is 0 Å². The van der Waals surface area contributed by atoms with Crippen LogP contribution in [-0.4, -0.2) is 18.0 Å². The lowest BCUT2D eigenvalue weighted by Crippen LogP contribution is -2.24. The average molecular weight is 230 g/mol. The smallest absolute Gasteiger partial charge is 0.248 e. The van der Waals surface area contributed by atoms with Crippen LogP contribution in [-0.2, 0) is 6.54 Å². The molecular weight excluding hydrogens is 214 g/mol. The highest BCUT2D eigenvalue weighted by atomic mass is 19.3. The molecule has 1 saturated carbocycles. The van der Waals surface area contributed by atoms with Crippen LogP contribution >= 0.6 is 0 Å². The summed E-state index contributed by atoms with van der Waals surface area (Å²) < 4.78 is 31.3. The molecule has 1 aromatic rings. The Bertz CT molecular complexity index is 342. The van der Waals surface area contributed by atoms with Gasteiger partial charge < -0.3 is 9.73 Å². The number of hydrogen-bond donors (Lipinski definition) is 1. The van der Waals surface area contributed by atoms with Crippen LogP contribution in [0.2, 0.25) is 0 Å². The second-order valence-electron chi connectivity index (χ2n) is 4.32. The number of aromatic nitrogens is 1. The van der Waals surface area contributed by atoms with Gasteiger partial charge in [-0.3, -0.25) is 0 Å². The summed E-state index contributed by atoms with van der Waals surface area (Å²) in [6.07, 6.45) is 2.28. The van der Waals surface area contributed by atoms with E-state index in [-0.39, 0.29) is 18.8 Å². The molecule has 2 rings (SSSR count). The summed E-state index contributed by atoms with van der Waals surface area (Å²) >= 11 is 0. The zero-order chi connectivity index (χ0) is 11.6. The highest BCUT2D eigenvalue weighted by Crippen LogP contribution is 2.41. The van der Waals surface area contributed by atoms with Crippen molar-refractivity contribution in [3.05, 3.63) is 17.8 Å². The van der Waals surface area contributed by atoms with Crippen molar-refractivity contribution in [3.8, 4) is 0 Å². The highest BCUT2D eigenvalue weighted by Gasteiger charge is 2.37. The first-order valence-corrected chi connectivity index (χ1v) is 5.57. The number of oxazole rings is 1. The lowest BCUT2D eigenvalue weighted by molar-refractivity contribution is -0.0396. The molecule has 0 aromatic carbocycles. The van der Waals surface area contributed by atoms with Crippen LogP contribution < -0.4 is 5.32 Å². The van der Waals surface area contributed by atoms with Crippen molar-refractivity contribution in [1.82, 2.24) is 10.3 Å². The van der Waals surface area contributed by atoms with E-state index in [1.165, 1.54) is 6.39 Å². The molecule has 0 amide bonds. The van der Waals surface area contributed by atoms with Crippen molar-refractivity contribution in [2.24, 2.45) is 0 Å². The molecule has 0 radical (unpaired) electrons. The fourth-order valence-corrected chi connectivity index (χ4v) is 2.21. The first-order chi connectivity index (χ1) is 7.62. The maximum absolute atomic E-state index is 13.0. The summed E-state index contributed by atoms with van der Waals surface area (Å²) in [6, 6.07) is 0. The molecule has 0 spiro atoms. The van der Waals surface area contributed by atoms with Crippen molar-refractivity contribution < 1.29 is 13.2 Å². The molecule has 5 heteroatoms. The van der Waals surface area contributed by atoms with Gasteiger partial charge in [-0.2, -0.15) is 0 Å². The molecule has 0 bridgehead atoms. The quantitative estimate of drug-likeness (QED) is 0.867. The molecule has 0 saturated heterocycles. The van der Waals surface area contributed by atoms with E-state index in [2.05, 4.69) is 10.3 Å². The SMILES string of the molecule is CNCc1ncoc1C1CCC(F)(F)CC1. The molecule has 90 valence electrons. The Morgan fingerprint density at radius 1 is 1.50 bits per heavy atom. The number of nitrogens with zero attached hydrogens (tertiary/aromatic N) is 1. The molecule has 1 aromatic heterocycles. The molecular formula is C11H16F2N2O. The number of alkyl halides is 2. The van der Waals surface area contributed by atoms with Gasteiger partial charge >= 0.3 is 0 Å². The molecule has 3 nitrogen and oxygen atoms in total. The zero-order valence-electron chi connectivity index (χ0n) is 9.30. The van der Waals surface area contributed by atoms with Crippen LogP contribution in [0.1, 0.15) is 43.1 Å². The number of hydrogen-bond acceptors (Lipinski definition) is 3. The van der Waals surface area contributed by atoms with E-state index < -0.39 is 5.92 Å². The summed E-state index contributed by atoms with van der Waals surface area (Å²) in [6.45, 7) is 0.624. The molecule has 1 aliphatic rings. The maximum Gasteiger partial charge on any atom is 0.248 e. The predicted octanol–water partition coefficient (Wildman–Crippen LogP) is 2.69. The first-order valence-electron chi connectivity index (χ1n) is 5.57. The van der Waals surface area contributed by atoms with E-state index in [4.69, 9.17) is 4.42 Å². The number of halogens is 2. The predicted molar refractivity (Wildman–Crippen MR) is 55.4 cm³/mol. The third kappa shape index (κ3) is 2.40. The van der Waals surface area contributed by atoms with Crippen molar-refractivity contribution >= 4 is 0 Å². The van der Waals surface area contributed by atoms with Crippen LogP contribution in [0.4, 0.5) is 8.78 Å². The Kier molecular flexibility index (Phi) is 3.23. The normalized spacial score (nSPS) is 21.2. The van der Waals surface area contributed by atoms with Crippen LogP contribution in [0, 0.1) is 0 Å². The highest BCUT2D eigenvalue weighted by molar-refractivity contribution is 5.13. The van der Waals surface area contributed by atoms with Gasteiger partial charge in [-0.25, -0.2) is 13.8 Å².